The normalized spacial score (nSPS) is 15.7. The molecule has 0 unspecified atom stereocenters. The second kappa shape index (κ2) is 7.94. The Kier molecular flexibility index (Phi) is 5.67. The van der Waals surface area contributed by atoms with E-state index >= 15 is 0 Å². The number of likely N-dealkylation sites (tertiary alicyclic amines) is 1. The van der Waals surface area contributed by atoms with Gasteiger partial charge >= 0.3 is 0 Å². The van der Waals surface area contributed by atoms with Gasteiger partial charge in [-0.2, -0.15) is 0 Å². The van der Waals surface area contributed by atoms with Crippen LogP contribution in [0.15, 0.2) is 48.5 Å². The number of carbonyl (C=O) groups is 1. The molecule has 1 aliphatic rings. The van der Waals surface area contributed by atoms with Crippen LogP contribution in [0.3, 0.4) is 0 Å². The first kappa shape index (κ1) is 17.8. The summed E-state index contributed by atoms with van der Waals surface area (Å²) >= 11 is 11.9. The molecule has 0 aromatic heterocycles. The number of amides is 1. The monoisotopic (exact) mass is 375 g/mol. The highest BCUT2D eigenvalue weighted by Crippen LogP contribution is 2.29. The first-order valence-corrected chi connectivity index (χ1v) is 8.99. The number of benzene rings is 2. The van der Waals surface area contributed by atoms with Gasteiger partial charge < -0.3 is 10.0 Å². The third-order valence-corrected chi connectivity index (χ3v) is 5.27. The van der Waals surface area contributed by atoms with Gasteiger partial charge in [-0.15, -0.1) is 0 Å². The standard InChI is InChI=1S/C20H19Cl2NO2/c21-18-7-1-14(13-19(18)22)2-8-20(25)23-11-9-16(10-12-23)15-3-5-17(24)6-4-15/h1-8,13,16,24H,9-12H2/b8-2+. The number of phenols is 1. The van der Waals surface area contributed by atoms with E-state index in [-0.39, 0.29) is 11.7 Å². The van der Waals surface area contributed by atoms with Gasteiger partial charge in [-0.1, -0.05) is 41.4 Å². The molecule has 130 valence electrons. The van der Waals surface area contributed by atoms with E-state index in [2.05, 4.69) is 0 Å². The van der Waals surface area contributed by atoms with Crippen molar-refractivity contribution in [1.82, 2.24) is 4.90 Å². The van der Waals surface area contributed by atoms with Crippen LogP contribution in [0.4, 0.5) is 0 Å². The lowest BCUT2D eigenvalue weighted by Gasteiger charge is -2.31. The fraction of sp³-hybridized carbons (Fsp3) is 0.250. The van der Waals surface area contributed by atoms with Crippen molar-refractivity contribution in [3.05, 3.63) is 69.7 Å². The Hall–Kier alpha value is -1.97. The number of hydrogen-bond donors (Lipinski definition) is 1. The molecule has 3 nitrogen and oxygen atoms in total. The zero-order valence-corrected chi connectivity index (χ0v) is 15.2. The highest BCUT2D eigenvalue weighted by Gasteiger charge is 2.22. The van der Waals surface area contributed by atoms with Crippen LogP contribution in [-0.4, -0.2) is 29.0 Å². The number of rotatable bonds is 3. The molecule has 0 atom stereocenters. The number of phenolic OH excluding ortho intramolecular Hbond substituents is 1. The van der Waals surface area contributed by atoms with E-state index in [9.17, 15) is 9.90 Å². The van der Waals surface area contributed by atoms with Crippen molar-refractivity contribution in [2.45, 2.75) is 18.8 Å². The first-order valence-electron chi connectivity index (χ1n) is 8.24. The Morgan fingerprint density at radius 2 is 1.72 bits per heavy atom. The summed E-state index contributed by atoms with van der Waals surface area (Å²) in [6.07, 6.45) is 5.20. The van der Waals surface area contributed by atoms with Crippen LogP contribution in [-0.2, 0) is 4.79 Å². The lowest BCUT2D eigenvalue weighted by atomic mass is 9.89. The summed E-state index contributed by atoms with van der Waals surface area (Å²) in [4.78, 5) is 14.2. The van der Waals surface area contributed by atoms with Crippen LogP contribution in [0.25, 0.3) is 6.08 Å². The highest BCUT2D eigenvalue weighted by molar-refractivity contribution is 6.42. The number of aromatic hydroxyl groups is 1. The molecule has 25 heavy (non-hydrogen) atoms. The van der Waals surface area contributed by atoms with E-state index in [1.807, 2.05) is 23.1 Å². The zero-order chi connectivity index (χ0) is 17.8. The van der Waals surface area contributed by atoms with Gasteiger partial charge in [-0.25, -0.2) is 0 Å². The Balaban J connectivity index is 1.56. The van der Waals surface area contributed by atoms with Crippen molar-refractivity contribution in [1.29, 1.82) is 0 Å². The van der Waals surface area contributed by atoms with E-state index in [0.717, 1.165) is 31.5 Å². The summed E-state index contributed by atoms with van der Waals surface area (Å²) in [5, 5.41) is 10.4. The Morgan fingerprint density at radius 1 is 1.04 bits per heavy atom. The predicted octanol–water partition coefficient (Wildman–Crippen LogP) is 5.12. The van der Waals surface area contributed by atoms with Crippen LogP contribution in [0.1, 0.15) is 29.9 Å². The molecule has 0 radical (unpaired) electrons. The molecule has 0 aliphatic carbocycles. The fourth-order valence-corrected chi connectivity index (χ4v) is 3.38. The molecule has 5 heteroatoms. The van der Waals surface area contributed by atoms with Gasteiger partial charge in [0.1, 0.15) is 5.75 Å². The Morgan fingerprint density at radius 3 is 2.36 bits per heavy atom. The third kappa shape index (κ3) is 4.56. The largest absolute Gasteiger partial charge is 0.508 e. The van der Waals surface area contributed by atoms with Crippen LogP contribution >= 0.6 is 23.2 Å². The highest BCUT2D eigenvalue weighted by atomic mass is 35.5. The average Bonchev–Trinajstić information content (AvgIpc) is 2.63. The van der Waals surface area contributed by atoms with Crippen LogP contribution in [0.2, 0.25) is 10.0 Å². The molecular weight excluding hydrogens is 357 g/mol. The van der Waals surface area contributed by atoms with Gasteiger partial charge in [0, 0.05) is 19.2 Å². The quantitative estimate of drug-likeness (QED) is 0.756. The van der Waals surface area contributed by atoms with Crippen molar-refractivity contribution < 1.29 is 9.90 Å². The molecular formula is C20H19Cl2NO2. The summed E-state index contributed by atoms with van der Waals surface area (Å²) in [5.41, 5.74) is 2.07. The number of halogens is 2. The van der Waals surface area contributed by atoms with Gasteiger partial charge in [0.2, 0.25) is 5.91 Å². The molecule has 2 aromatic carbocycles. The fourth-order valence-electron chi connectivity index (χ4n) is 3.07. The van der Waals surface area contributed by atoms with Crippen molar-refractivity contribution in [3.63, 3.8) is 0 Å². The molecule has 2 aromatic rings. The summed E-state index contributed by atoms with van der Waals surface area (Å²) < 4.78 is 0. The van der Waals surface area contributed by atoms with E-state index in [0.29, 0.717) is 16.0 Å². The molecule has 0 bridgehead atoms. The Bertz CT molecular complexity index is 779. The number of hydrogen-bond acceptors (Lipinski definition) is 2. The lowest BCUT2D eigenvalue weighted by molar-refractivity contribution is -0.126. The zero-order valence-electron chi connectivity index (χ0n) is 13.7. The van der Waals surface area contributed by atoms with Crippen LogP contribution in [0, 0.1) is 0 Å². The molecule has 1 N–H and O–H groups in total. The minimum absolute atomic E-state index is 0.00947. The number of piperidine rings is 1. The Labute approximate surface area is 157 Å². The van der Waals surface area contributed by atoms with Crippen LogP contribution in [0.5, 0.6) is 5.75 Å². The molecule has 3 rings (SSSR count). The van der Waals surface area contributed by atoms with E-state index < -0.39 is 0 Å². The van der Waals surface area contributed by atoms with E-state index in [1.54, 1.807) is 36.4 Å². The number of carbonyl (C=O) groups excluding carboxylic acids is 1. The van der Waals surface area contributed by atoms with Gasteiger partial charge in [0.15, 0.2) is 0 Å². The summed E-state index contributed by atoms with van der Waals surface area (Å²) in [6, 6.07) is 12.6. The topological polar surface area (TPSA) is 40.5 Å². The molecule has 1 heterocycles. The maximum atomic E-state index is 12.4. The minimum Gasteiger partial charge on any atom is -0.508 e. The molecule has 1 amide bonds. The average molecular weight is 376 g/mol. The van der Waals surface area contributed by atoms with Crippen molar-refractivity contribution in [3.8, 4) is 5.75 Å². The van der Waals surface area contributed by atoms with Gasteiger partial charge in [-0.3, -0.25) is 4.79 Å². The smallest absolute Gasteiger partial charge is 0.246 e. The van der Waals surface area contributed by atoms with Crippen molar-refractivity contribution in [2.75, 3.05) is 13.1 Å². The SMILES string of the molecule is O=C(/C=C/c1ccc(Cl)c(Cl)c1)N1CCC(c2ccc(O)cc2)CC1. The molecule has 1 fully saturated rings. The second-order valence-corrected chi connectivity index (χ2v) is 7.01. The molecule has 0 spiro atoms. The van der Waals surface area contributed by atoms with E-state index in [4.69, 9.17) is 23.2 Å². The molecule has 0 saturated carbocycles. The minimum atomic E-state index is 0.00947. The maximum Gasteiger partial charge on any atom is 0.246 e. The second-order valence-electron chi connectivity index (χ2n) is 6.20. The van der Waals surface area contributed by atoms with Crippen LogP contribution < -0.4 is 0 Å². The molecule has 1 aliphatic heterocycles. The first-order chi connectivity index (χ1) is 12.0. The van der Waals surface area contributed by atoms with E-state index in [1.165, 1.54) is 5.56 Å². The maximum absolute atomic E-state index is 12.4. The lowest BCUT2D eigenvalue weighted by Crippen LogP contribution is -2.36. The predicted molar refractivity (Wildman–Crippen MR) is 102 cm³/mol. The van der Waals surface area contributed by atoms with Gasteiger partial charge in [0.25, 0.3) is 0 Å². The third-order valence-electron chi connectivity index (χ3n) is 4.53. The van der Waals surface area contributed by atoms with Gasteiger partial charge in [0.05, 0.1) is 10.0 Å². The summed E-state index contributed by atoms with van der Waals surface area (Å²) in [5.74, 6) is 0.725. The summed E-state index contributed by atoms with van der Waals surface area (Å²) in [7, 11) is 0. The van der Waals surface area contributed by atoms with Crippen molar-refractivity contribution in [2.24, 2.45) is 0 Å². The van der Waals surface area contributed by atoms with Gasteiger partial charge in [-0.05, 0) is 60.2 Å². The molecule has 1 saturated heterocycles. The summed E-state index contributed by atoms with van der Waals surface area (Å²) in [6.45, 7) is 1.46. The number of nitrogens with zero attached hydrogens (tertiary/aromatic N) is 1. The van der Waals surface area contributed by atoms with Crippen molar-refractivity contribution >= 4 is 35.2 Å².